The van der Waals surface area contributed by atoms with E-state index < -0.39 is 11.2 Å². The van der Waals surface area contributed by atoms with E-state index in [-0.39, 0.29) is 17.3 Å². The second-order valence-corrected chi connectivity index (χ2v) is 7.15. The van der Waals surface area contributed by atoms with Gasteiger partial charge in [0.15, 0.2) is 0 Å². The average molecular weight is 342 g/mol. The summed E-state index contributed by atoms with van der Waals surface area (Å²) in [6.45, 7) is 0.638. The molecule has 0 aliphatic heterocycles. The molecular weight excluding hydrogens is 320 g/mol. The Hall–Kier alpha value is -2.44. The summed E-state index contributed by atoms with van der Waals surface area (Å²) in [4.78, 5) is 43.0. The topological polar surface area (TPSA) is 96.8 Å². The number of amides is 1. The molecule has 2 fully saturated rings. The van der Waals surface area contributed by atoms with Crippen LogP contribution >= 0.6 is 0 Å². The SMILES string of the molecule is O=C(NCCC1CCCC1)c1cnc2c(c1)c(=O)[nH]c(=O)n2C1CC1. The summed E-state index contributed by atoms with van der Waals surface area (Å²) in [5.41, 5.74) is -0.213. The van der Waals surface area contributed by atoms with Crippen LogP contribution in [0.25, 0.3) is 11.0 Å². The van der Waals surface area contributed by atoms with Gasteiger partial charge in [0.05, 0.1) is 10.9 Å². The first-order valence-electron chi connectivity index (χ1n) is 9.06. The molecule has 25 heavy (non-hydrogen) atoms. The Labute approximate surface area is 144 Å². The van der Waals surface area contributed by atoms with E-state index in [4.69, 9.17) is 0 Å². The minimum absolute atomic E-state index is 0.102. The summed E-state index contributed by atoms with van der Waals surface area (Å²) in [6.07, 6.45) is 9.35. The molecule has 2 saturated carbocycles. The minimum Gasteiger partial charge on any atom is -0.352 e. The standard InChI is InChI=1S/C18H22N4O3/c23-16(19-8-7-11-3-1-2-4-11)12-9-14-15(20-10-12)22(13-5-6-13)18(25)21-17(14)24/h9-11,13H,1-8H2,(H,19,23)(H,21,24,25). The highest BCUT2D eigenvalue weighted by molar-refractivity contribution is 5.96. The molecule has 2 aromatic rings. The minimum atomic E-state index is -0.495. The van der Waals surface area contributed by atoms with Gasteiger partial charge in [-0.3, -0.25) is 19.1 Å². The second kappa shape index (κ2) is 6.46. The first-order chi connectivity index (χ1) is 12.1. The van der Waals surface area contributed by atoms with Crippen molar-refractivity contribution in [3.05, 3.63) is 38.7 Å². The highest BCUT2D eigenvalue weighted by Gasteiger charge is 2.27. The van der Waals surface area contributed by atoms with Crippen LogP contribution in [-0.2, 0) is 0 Å². The molecule has 2 N–H and O–H groups in total. The quantitative estimate of drug-likeness (QED) is 0.865. The fourth-order valence-corrected chi connectivity index (χ4v) is 3.72. The van der Waals surface area contributed by atoms with E-state index in [0.29, 0.717) is 23.7 Å². The molecule has 0 radical (unpaired) electrons. The smallest absolute Gasteiger partial charge is 0.330 e. The summed E-state index contributed by atoms with van der Waals surface area (Å²) < 4.78 is 1.53. The van der Waals surface area contributed by atoms with Gasteiger partial charge in [0.1, 0.15) is 5.65 Å². The Morgan fingerprint density at radius 3 is 2.72 bits per heavy atom. The van der Waals surface area contributed by atoms with Crippen molar-refractivity contribution in [2.24, 2.45) is 5.92 Å². The number of hydrogen-bond donors (Lipinski definition) is 2. The molecule has 0 spiro atoms. The Balaban J connectivity index is 1.55. The van der Waals surface area contributed by atoms with Crippen LogP contribution in [0, 0.1) is 5.92 Å². The normalized spacial score (nSPS) is 17.9. The molecule has 2 aliphatic rings. The molecule has 1 amide bonds. The summed E-state index contributed by atoms with van der Waals surface area (Å²) in [5.74, 6) is 0.488. The molecule has 2 heterocycles. The number of fused-ring (bicyclic) bond motifs is 1. The van der Waals surface area contributed by atoms with E-state index >= 15 is 0 Å². The maximum atomic E-state index is 12.3. The number of carbonyl (C=O) groups is 1. The van der Waals surface area contributed by atoms with Crippen LogP contribution in [0.3, 0.4) is 0 Å². The Morgan fingerprint density at radius 1 is 1.24 bits per heavy atom. The molecule has 4 rings (SSSR count). The van der Waals surface area contributed by atoms with Gasteiger partial charge in [-0.1, -0.05) is 25.7 Å². The van der Waals surface area contributed by atoms with Crippen molar-refractivity contribution >= 4 is 16.9 Å². The van der Waals surface area contributed by atoms with Crippen molar-refractivity contribution in [3.63, 3.8) is 0 Å². The molecule has 0 saturated heterocycles. The number of hydrogen-bond acceptors (Lipinski definition) is 4. The number of nitrogens with one attached hydrogen (secondary N) is 2. The van der Waals surface area contributed by atoms with Gasteiger partial charge < -0.3 is 5.32 Å². The van der Waals surface area contributed by atoms with E-state index in [1.54, 1.807) is 0 Å². The van der Waals surface area contributed by atoms with Crippen molar-refractivity contribution in [2.45, 2.75) is 51.0 Å². The number of aromatic nitrogens is 3. The van der Waals surface area contributed by atoms with E-state index in [0.717, 1.165) is 19.3 Å². The maximum Gasteiger partial charge on any atom is 0.330 e. The number of pyridine rings is 1. The van der Waals surface area contributed by atoms with Gasteiger partial charge in [0.2, 0.25) is 0 Å². The number of rotatable bonds is 5. The molecule has 7 heteroatoms. The van der Waals surface area contributed by atoms with E-state index in [1.807, 2.05) is 0 Å². The first kappa shape index (κ1) is 16.1. The number of aromatic amines is 1. The lowest BCUT2D eigenvalue weighted by atomic mass is 10.0. The summed E-state index contributed by atoms with van der Waals surface area (Å²) in [6, 6.07) is 1.63. The Kier molecular flexibility index (Phi) is 4.15. The van der Waals surface area contributed by atoms with Crippen molar-refractivity contribution in [2.75, 3.05) is 6.54 Å². The molecule has 2 aromatic heterocycles. The van der Waals surface area contributed by atoms with Crippen LogP contribution in [0.1, 0.15) is 61.3 Å². The first-order valence-corrected chi connectivity index (χ1v) is 9.06. The van der Waals surface area contributed by atoms with Gasteiger partial charge in [0.25, 0.3) is 11.5 Å². The van der Waals surface area contributed by atoms with Gasteiger partial charge in [-0.15, -0.1) is 0 Å². The number of carbonyl (C=O) groups excluding carboxylic acids is 1. The highest BCUT2D eigenvalue weighted by Crippen LogP contribution is 2.34. The summed E-state index contributed by atoms with van der Waals surface area (Å²) >= 11 is 0. The zero-order valence-electron chi connectivity index (χ0n) is 14.1. The van der Waals surface area contributed by atoms with E-state index in [1.165, 1.54) is 42.5 Å². The van der Waals surface area contributed by atoms with E-state index in [2.05, 4.69) is 15.3 Å². The molecule has 0 bridgehead atoms. The third-order valence-corrected chi connectivity index (χ3v) is 5.27. The van der Waals surface area contributed by atoms with Crippen molar-refractivity contribution in [1.82, 2.24) is 19.9 Å². The zero-order valence-corrected chi connectivity index (χ0v) is 14.1. The highest BCUT2D eigenvalue weighted by atomic mass is 16.2. The Morgan fingerprint density at radius 2 is 2.00 bits per heavy atom. The fourth-order valence-electron chi connectivity index (χ4n) is 3.72. The maximum absolute atomic E-state index is 12.3. The molecule has 0 unspecified atom stereocenters. The second-order valence-electron chi connectivity index (χ2n) is 7.15. The van der Waals surface area contributed by atoms with Gasteiger partial charge in [-0.05, 0) is 31.2 Å². The summed E-state index contributed by atoms with van der Waals surface area (Å²) in [5, 5.41) is 3.20. The largest absolute Gasteiger partial charge is 0.352 e. The van der Waals surface area contributed by atoms with Gasteiger partial charge in [-0.25, -0.2) is 9.78 Å². The predicted octanol–water partition coefficient (Wildman–Crippen LogP) is 1.73. The van der Waals surface area contributed by atoms with Crippen LogP contribution in [0.4, 0.5) is 0 Å². The zero-order chi connectivity index (χ0) is 17.4. The van der Waals surface area contributed by atoms with Crippen molar-refractivity contribution in [1.29, 1.82) is 0 Å². The van der Waals surface area contributed by atoms with Gasteiger partial charge >= 0.3 is 5.69 Å². The van der Waals surface area contributed by atoms with Crippen molar-refractivity contribution in [3.8, 4) is 0 Å². The van der Waals surface area contributed by atoms with Crippen molar-refractivity contribution < 1.29 is 4.79 Å². The summed E-state index contributed by atoms with van der Waals surface area (Å²) in [7, 11) is 0. The van der Waals surface area contributed by atoms with Gasteiger partial charge in [-0.2, -0.15) is 0 Å². The third-order valence-electron chi connectivity index (χ3n) is 5.27. The van der Waals surface area contributed by atoms with Crippen LogP contribution in [0.2, 0.25) is 0 Å². The lowest BCUT2D eigenvalue weighted by molar-refractivity contribution is 0.0951. The molecule has 2 aliphatic carbocycles. The monoisotopic (exact) mass is 342 g/mol. The predicted molar refractivity (Wildman–Crippen MR) is 93.8 cm³/mol. The van der Waals surface area contributed by atoms with Gasteiger partial charge in [0, 0.05) is 18.8 Å². The number of nitrogens with zero attached hydrogens (tertiary/aromatic N) is 2. The average Bonchev–Trinajstić information content (AvgIpc) is 3.29. The van der Waals surface area contributed by atoms with Crippen LogP contribution < -0.4 is 16.6 Å². The van der Waals surface area contributed by atoms with Crippen LogP contribution in [-0.4, -0.2) is 27.0 Å². The number of H-pyrrole nitrogens is 1. The third kappa shape index (κ3) is 3.23. The molecule has 7 nitrogen and oxygen atoms in total. The lowest BCUT2D eigenvalue weighted by Crippen LogP contribution is -2.31. The molecular formula is C18H22N4O3. The fraction of sp³-hybridized carbons (Fsp3) is 0.556. The van der Waals surface area contributed by atoms with Crippen LogP contribution in [0.15, 0.2) is 21.9 Å². The molecule has 0 aromatic carbocycles. The molecule has 0 atom stereocenters. The lowest BCUT2D eigenvalue weighted by Gasteiger charge is -2.11. The Bertz CT molecular complexity index is 920. The van der Waals surface area contributed by atoms with E-state index in [9.17, 15) is 14.4 Å². The molecule has 132 valence electrons. The van der Waals surface area contributed by atoms with Crippen LogP contribution in [0.5, 0.6) is 0 Å².